The summed E-state index contributed by atoms with van der Waals surface area (Å²) in [5, 5.41) is 13.9. The predicted octanol–water partition coefficient (Wildman–Crippen LogP) is 1.82. The van der Waals surface area contributed by atoms with E-state index in [9.17, 15) is 5.11 Å². The van der Waals surface area contributed by atoms with E-state index < -0.39 is 0 Å². The average Bonchev–Trinajstić information content (AvgIpc) is 2.91. The van der Waals surface area contributed by atoms with Crippen molar-refractivity contribution in [2.24, 2.45) is 0 Å². The molecule has 100 valence electrons. The maximum atomic E-state index is 9.38. The molecule has 1 aromatic carbocycles. The van der Waals surface area contributed by atoms with E-state index in [0.29, 0.717) is 0 Å². The van der Waals surface area contributed by atoms with Crippen LogP contribution in [0.5, 0.6) is 5.75 Å². The number of nitrogens with zero attached hydrogens (tertiary/aromatic N) is 3. The highest BCUT2D eigenvalue weighted by atomic mass is 16.5. The summed E-state index contributed by atoms with van der Waals surface area (Å²) in [5.74, 6) is 2.51. The van der Waals surface area contributed by atoms with E-state index in [1.54, 1.807) is 7.11 Å². The third kappa shape index (κ3) is 2.21. The van der Waals surface area contributed by atoms with Crippen LogP contribution in [0.3, 0.4) is 0 Å². The third-order valence-corrected chi connectivity index (χ3v) is 3.54. The van der Waals surface area contributed by atoms with E-state index in [2.05, 4.69) is 10.1 Å². The maximum Gasteiger partial charge on any atom is 0.181 e. The molecule has 1 N–H and O–H groups in total. The Morgan fingerprint density at radius 1 is 1.37 bits per heavy atom. The van der Waals surface area contributed by atoms with Gasteiger partial charge in [0.25, 0.3) is 0 Å². The molecular weight excluding hydrogens is 242 g/mol. The van der Waals surface area contributed by atoms with Gasteiger partial charge in [0, 0.05) is 12.0 Å². The van der Waals surface area contributed by atoms with Gasteiger partial charge in [-0.05, 0) is 37.1 Å². The highest BCUT2D eigenvalue weighted by Crippen LogP contribution is 2.26. The van der Waals surface area contributed by atoms with Crippen molar-refractivity contribution in [3.8, 4) is 17.1 Å². The van der Waals surface area contributed by atoms with Gasteiger partial charge >= 0.3 is 0 Å². The molecule has 5 nitrogen and oxygen atoms in total. The summed E-state index contributed by atoms with van der Waals surface area (Å²) in [5.41, 5.74) is 0.972. The lowest BCUT2D eigenvalue weighted by molar-refractivity contribution is 0.195. The first-order chi connectivity index (χ1) is 9.31. The van der Waals surface area contributed by atoms with Crippen molar-refractivity contribution in [3.63, 3.8) is 0 Å². The molecular formula is C14H17N3O2. The summed E-state index contributed by atoms with van der Waals surface area (Å²) in [7, 11) is 1.65. The van der Waals surface area contributed by atoms with Gasteiger partial charge < -0.3 is 9.84 Å². The van der Waals surface area contributed by atoms with Gasteiger partial charge in [-0.2, -0.15) is 5.10 Å². The van der Waals surface area contributed by atoms with Crippen LogP contribution in [0.4, 0.5) is 0 Å². The lowest BCUT2D eigenvalue weighted by Gasteiger charge is -2.20. The van der Waals surface area contributed by atoms with Gasteiger partial charge in [-0.3, -0.25) is 0 Å². The smallest absolute Gasteiger partial charge is 0.181 e. The van der Waals surface area contributed by atoms with Crippen LogP contribution >= 0.6 is 0 Å². The van der Waals surface area contributed by atoms with Gasteiger partial charge in [-0.1, -0.05) is 0 Å². The molecule has 3 rings (SSSR count). The van der Waals surface area contributed by atoms with Crippen LogP contribution in [0.25, 0.3) is 11.4 Å². The van der Waals surface area contributed by atoms with Gasteiger partial charge in [-0.15, -0.1) is 0 Å². The number of rotatable bonds is 3. The number of hydrogen-bond donors (Lipinski definition) is 1. The number of aromatic nitrogens is 3. The van der Waals surface area contributed by atoms with E-state index in [-0.39, 0.29) is 12.6 Å². The van der Waals surface area contributed by atoms with Crippen molar-refractivity contribution in [1.29, 1.82) is 0 Å². The predicted molar refractivity (Wildman–Crippen MR) is 71.1 cm³/mol. The van der Waals surface area contributed by atoms with Crippen LogP contribution in [-0.4, -0.2) is 33.6 Å². The molecule has 0 bridgehead atoms. The van der Waals surface area contributed by atoms with Crippen LogP contribution in [0, 0.1) is 0 Å². The number of methoxy groups -OCH3 is 1. The molecule has 1 atom stereocenters. The fraction of sp³-hybridized carbons (Fsp3) is 0.429. The molecule has 1 aliphatic heterocycles. The fourth-order valence-corrected chi connectivity index (χ4v) is 2.47. The van der Waals surface area contributed by atoms with Gasteiger partial charge in [0.15, 0.2) is 5.82 Å². The second kappa shape index (κ2) is 5.01. The van der Waals surface area contributed by atoms with E-state index in [4.69, 9.17) is 4.74 Å². The fourth-order valence-electron chi connectivity index (χ4n) is 2.47. The first kappa shape index (κ1) is 12.2. The van der Waals surface area contributed by atoms with Crippen LogP contribution < -0.4 is 4.74 Å². The Morgan fingerprint density at radius 2 is 2.16 bits per heavy atom. The van der Waals surface area contributed by atoms with E-state index in [1.807, 2.05) is 28.9 Å². The maximum absolute atomic E-state index is 9.38. The Hall–Kier alpha value is -1.88. The van der Waals surface area contributed by atoms with E-state index in [0.717, 1.165) is 42.2 Å². The Bertz CT molecular complexity index is 563. The van der Waals surface area contributed by atoms with Crippen molar-refractivity contribution in [2.45, 2.75) is 25.3 Å². The molecule has 0 saturated heterocycles. The molecule has 0 saturated carbocycles. The quantitative estimate of drug-likeness (QED) is 0.913. The monoisotopic (exact) mass is 259 g/mol. The second-order valence-corrected chi connectivity index (χ2v) is 4.75. The summed E-state index contributed by atoms with van der Waals surface area (Å²) in [6.07, 6.45) is 2.96. The van der Waals surface area contributed by atoms with Crippen molar-refractivity contribution in [2.75, 3.05) is 13.7 Å². The summed E-state index contributed by atoms with van der Waals surface area (Å²) >= 11 is 0. The molecule has 1 aliphatic rings. The van der Waals surface area contributed by atoms with Crippen LogP contribution in [0.2, 0.25) is 0 Å². The molecule has 2 heterocycles. The minimum atomic E-state index is 0.0725. The topological polar surface area (TPSA) is 60.2 Å². The Labute approximate surface area is 111 Å². The highest BCUT2D eigenvalue weighted by Gasteiger charge is 2.22. The van der Waals surface area contributed by atoms with Gasteiger partial charge in [0.05, 0.1) is 19.8 Å². The SMILES string of the molecule is COc1ccc(-c2nc3n(n2)C(CO)CCC3)cc1. The van der Waals surface area contributed by atoms with Gasteiger partial charge in [0.2, 0.25) is 0 Å². The zero-order valence-electron chi connectivity index (χ0n) is 10.9. The summed E-state index contributed by atoms with van der Waals surface area (Å²) in [4.78, 5) is 4.57. The minimum Gasteiger partial charge on any atom is -0.497 e. The number of ether oxygens (including phenoxy) is 1. The molecule has 1 unspecified atom stereocenters. The van der Waals surface area contributed by atoms with Crippen LogP contribution in [-0.2, 0) is 6.42 Å². The molecule has 2 aromatic rings. The van der Waals surface area contributed by atoms with Crippen molar-refractivity contribution < 1.29 is 9.84 Å². The van der Waals surface area contributed by atoms with Crippen LogP contribution in [0.1, 0.15) is 24.7 Å². The van der Waals surface area contributed by atoms with E-state index in [1.165, 1.54) is 0 Å². The number of hydrogen-bond acceptors (Lipinski definition) is 4. The average molecular weight is 259 g/mol. The number of fused-ring (bicyclic) bond motifs is 1. The minimum absolute atomic E-state index is 0.0725. The number of aryl methyl sites for hydroxylation is 1. The summed E-state index contributed by atoms with van der Waals surface area (Å²) in [6, 6.07) is 7.78. The molecule has 5 heteroatoms. The lowest BCUT2D eigenvalue weighted by Crippen LogP contribution is -2.21. The Morgan fingerprint density at radius 3 is 2.84 bits per heavy atom. The largest absolute Gasteiger partial charge is 0.497 e. The number of benzene rings is 1. The standard InChI is InChI=1S/C14H17N3O2/c1-19-12-7-5-10(6-8-12)14-15-13-4-2-3-11(9-18)17(13)16-14/h5-8,11,18H,2-4,9H2,1H3. The molecule has 0 aliphatic carbocycles. The molecule has 1 aromatic heterocycles. The lowest BCUT2D eigenvalue weighted by atomic mass is 10.1. The Balaban J connectivity index is 1.95. The van der Waals surface area contributed by atoms with Crippen molar-refractivity contribution in [3.05, 3.63) is 30.1 Å². The third-order valence-electron chi connectivity index (χ3n) is 3.54. The molecule has 0 radical (unpaired) electrons. The first-order valence-corrected chi connectivity index (χ1v) is 6.52. The second-order valence-electron chi connectivity index (χ2n) is 4.75. The van der Waals surface area contributed by atoms with Crippen molar-refractivity contribution >= 4 is 0 Å². The van der Waals surface area contributed by atoms with Crippen LogP contribution in [0.15, 0.2) is 24.3 Å². The summed E-state index contributed by atoms with van der Waals surface area (Å²) < 4.78 is 7.02. The van der Waals surface area contributed by atoms with Gasteiger partial charge in [0.1, 0.15) is 11.6 Å². The van der Waals surface area contributed by atoms with Gasteiger partial charge in [-0.25, -0.2) is 9.67 Å². The molecule has 0 fully saturated rings. The number of aliphatic hydroxyl groups excluding tert-OH is 1. The summed E-state index contributed by atoms with van der Waals surface area (Å²) in [6.45, 7) is 0.123. The number of aliphatic hydroxyl groups is 1. The highest BCUT2D eigenvalue weighted by molar-refractivity contribution is 5.56. The molecule has 0 amide bonds. The first-order valence-electron chi connectivity index (χ1n) is 6.52. The molecule has 0 spiro atoms. The normalized spacial score (nSPS) is 18.1. The zero-order chi connectivity index (χ0) is 13.2. The zero-order valence-corrected chi connectivity index (χ0v) is 10.9. The van der Waals surface area contributed by atoms with E-state index >= 15 is 0 Å². The Kier molecular flexibility index (Phi) is 3.21. The van der Waals surface area contributed by atoms with Crippen molar-refractivity contribution in [1.82, 2.24) is 14.8 Å². The molecule has 19 heavy (non-hydrogen) atoms.